The van der Waals surface area contributed by atoms with Gasteiger partial charge in [-0.2, -0.15) is 5.26 Å². The van der Waals surface area contributed by atoms with Gasteiger partial charge in [-0.05, 0) is 68.4 Å². The third kappa shape index (κ3) is 10.2. The first-order chi connectivity index (χ1) is 16.6. The molecule has 184 valence electrons. The number of hydrogen-bond donors (Lipinski definition) is 1. The van der Waals surface area contributed by atoms with Gasteiger partial charge in [0.15, 0.2) is 0 Å². The maximum atomic E-state index is 8.91. The lowest BCUT2D eigenvalue weighted by molar-refractivity contribution is 0.644. The van der Waals surface area contributed by atoms with E-state index >= 15 is 0 Å². The van der Waals surface area contributed by atoms with Gasteiger partial charge >= 0.3 is 0 Å². The van der Waals surface area contributed by atoms with Crippen molar-refractivity contribution < 1.29 is 0 Å². The van der Waals surface area contributed by atoms with Crippen molar-refractivity contribution >= 4 is 17.0 Å². The highest BCUT2D eigenvalue weighted by molar-refractivity contribution is 7.13. The number of nitrogens with two attached hydrogens (primary N) is 1. The molecule has 0 fully saturated rings. The van der Waals surface area contributed by atoms with Crippen molar-refractivity contribution in [2.45, 2.75) is 54.4 Å². The molecule has 0 amide bonds. The van der Waals surface area contributed by atoms with Crippen LogP contribution in [0.25, 0.3) is 17.1 Å². The highest BCUT2D eigenvalue weighted by atomic mass is 32.1. The molecule has 0 saturated carbocycles. The van der Waals surface area contributed by atoms with Crippen LogP contribution in [0, 0.1) is 28.6 Å². The van der Waals surface area contributed by atoms with Gasteiger partial charge in [0.25, 0.3) is 0 Å². The van der Waals surface area contributed by atoms with Crippen LogP contribution in [0.1, 0.15) is 56.9 Å². The number of rotatable bonds is 8. The van der Waals surface area contributed by atoms with Crippen LogP contribution in [0.3, 0.4) is 0 Å². The quantitative estimate of drug-likeness (QED) is 0.343. The number of aromatic nitrogens is 3. The summed E-state index contributed by atoms with van der Waals surface area (Å²) in [4.78, 5) is 15.1. The maximum Gasteiger partial charge on any atom is 0.107 e. The van der Waals surface area contributed by atoms with E-state index in [9.17, 15) is 0 Å². The number of pyridine rings is 1. The molecule has 3 heterocycles. The summed E-state index contributed by atoms with van der Waals surface area (Å²) >= 11 is 1.74. The Balaban J connectivity index is 0.000000250. The molecular formula is C29H37N5S. The second-order valence-corrected chi connectivity index (χ2v) is 11.1. The molecule has 0 unspecified atom stereocenters. The lowest BCUT2D eigenvalue weighted by atomic mass is 9.95. The van der Waals surface area contributed by atoms with Gasteiger partial charge in [0.2, 0.25) is 0 Å². The number of allylic oxidation sites excluding steroid dienone is 3. The Morgan fingerprint density at radius 1 is 1.00 bits per heavy atom. The fourth-order valence-electron chi connectivity index (χ4n) is 3.16. The van der Waals surface area contributed by atoms with Gasteiger partial charge in [-0.3, -0.25) is 15.0 Å². The molecule has 0 aromatic carbocycles. The average Bonchev–Trinajstić information content (AvgIpc) is 3.28. The topological polar surface area (TPSA) is 88.5 Å². The van der Waals surface area contributed by atoms with Crippen LogP contribution in [0.5, 0.6) is 0 Å². The highest BCUT2D eigenvalue weighted by Crippen LogP contribution is 2.24. The smallest absolute Gasteiger partial charge is 0.107 e. The van der Waals surface area contributed by atoms with E-state index in [0.29, 0.717) is 11.8 Å². The Labute approximate surface area is 214 Å². The van der Waals surface area contributed by atoms with Crippen LogP contribution < -0.4 is 5.73 Å². The third-order valence-electron chi connectivity index (χ3n) is 4.93. The van der Waals surface area contributed by atoms with Crippen LogP contribution in [0.4, 0.5) is 0 Å². The molecule has 0 aliphatic rings. The van der Waals surface area contributed by atoms with Gasteiger partial charge in [0.1, 0.15) is 5.69 Å². The summed E-state index contributed by atoms with van der Waals surface area (Å²) < 4.78 is 0. The summed E-state index contributed by atoms with van der Waals surface area (Å²) in [6.07, 6.45) is 14.7. The minimum atomic E-state index is -0.449. The Morgan fingerprint density at radius 2 is 1.74 bits per heavy atom. The zero-order valence-electron chi connectivity index (χ0n) is 21.7. The predicted octanol–water partition coefficient (Wildman–Crippen LogP) is 7.09. The van der Waals surface area contributed by atoms with Gasteiger partial charge < -0.3 is 5.73 Å². The van der Waals surface area contributed by atoms with Crippen LogP contribution >= 0.6 is 11.3 Å². The molecule has 2 N–H and O–H groups in total. The lowest BCUT2D eigenvalue weighted by Crippen LogP contribution is -2.01. The van der Waals surface area contributed by atoms with Gasteiger partial charge in [0, 0.05) is 29.2 Å². The summed E-state index contributed by atoms with van der Waals surface area (Å²) in [5, 5.41) is 8.91. The first-order valence-corrected chi connectivity index (χ1v) is 12.8. The van der Waals surface area contributed by atoms with Crippen LogP contribution in [-0.4, -0.2) is 15.0 Å². The molecule has 0 aliphatic carbocycles. The van der Waals surface area contributed by atoms with E-state index in [1.54, 1.807) is 29.9 Å². The molecule has 3 aromatic rings. The summed E-state index contributed by atoms with van der Waals surface area (Å²) in [5.41, 5.74) is 9.31. The van der Waals surface area contributed by atoms with E-state index in [4.69, 9.17) is 11.0 Å². The maximum absolute atomic E-state index is 8.91. The second-order valence-electron chi connectivity index (χ2n) is 9.92. The summed E-state index contributed by atoms with van der Waals surface area (Å²) in [6, 6.07) is 10.5. The lowest BCUT2D eigenvalue weighted by Gasteiger charge is -2.06. The van der Waals surface area contributed by atoms with Crippen molar-refractivity contribution in [1.29, 1.82) is 5.26 Å². The first-order valence-electron chi connectivity index (χ1n) is 12.0. The van der Waals surface area contributed by atoms with Crippen molar-refractivity contribution in [3.05, 3.63) is 82.6 Å². The van der Waals surface area contributed by atoms with Gasteiger partial charge in [0.05, 0.1) is 28.3 Å². The van der Waals surface area contributed by atoms with E-state index < -0.39 is 5.41 Å². The molecule has 0 saturated heterocycles. The SMILES string of the molecule is CC(C)Cc1ccc(-c2cnccn2)nc1.CC(C)Cc1ccc(/C(N)=C/C=C\C(C)(C)C#N)s1. The number of hydrogen-bond acceptors (Lipinski definition) is 6. The molecule has 6 heteroatoms. The molecule has 5 nitrogen and oxygen atoms in total. The van der Waals surface area contributed by atoms with Crippen LogP contribution in [-0.2, 0) is 12.8 Å². The molecule has 0 aliphatic heterocycles. The highest BCUT2D eigenvalue weighted by Gasteiger charge is 2.10. The van der Waals surface area contributed by atoms with Gasteiger partial charge in [-0.25, -0.2) is 0 Å². The van der Waals surface area contributed by atoms with E-state index in [1.165, 1.54) is 10.4 Å². The summed E-state index contributed by atoms with van der Waals surface area (Å²) in [6.45, 7) is 12.6. The van der Waals surface area contributed by atoms with E-state index in [0.717, 1.165) is 34.8 Å². The molecule has 0 radical (unpaired) electrons. The molecule has 0 spiro atoms. The second kappa shape index (κ2) is 13.6. The predicted molar refractivity (Wildman–Crippen MR) is 147 cm³/mol. The molecular weight excluding hydrogens is 450 g/mol. The fourth-order valence-corrected chi connectivity index (χ4v) is 4.31. The Morgan fingerprint density at radius 3 is 2.31 bits per heavy atom. The van der Waals surface area contributed by atoms with Crippen LogP contribution in [0.2, 0.25) is 0 Å². The third-order valence-corrected chi connectivity index (χ3v) is 6.08. The minimum absolute atomic E-state index is 0.449. The fraction of sp³-hybridized carbons (Fsp3) is 0.379. The number of nitrogens with zero attached hydrogens (tertiary/aromatic N) is 4. The first kappa shape index (κ1) is 27.9. The van der Waals surface area contributed by atoms with Gasteiger partial charge in [-0.1, -0.05) is 45.9 Å². The minimum Gasteiger partial charge on any atom is -0.398 e. The number of nitriles is 1. The summed E-state index contributed by atoms with van der Waals surface area (Å²) in [5.74, 6) is 1.32. The van der Waals surface area contributed by atoms with Crippen molar-refractivity contribution in [3.63, 3.8) is 0 Å². The Bertz CT molecular complexity index is 1130. The van der Waals surface area contributed by atoms with Crippen LogP contribution in [0.15, 0.2) is 67.3 Å². The zero-order valence-corrected chi connectivity index (χ0v) is 22.5. The normalized spacial score (nSPS) is 12.0. The Hall–Kier alpha value is -3.30. The van der Waals surface area contributed by atoms with Gasteiger partial charge in [-0.15, -0.1) is 11.3 Å². The monoisotopic (exact) mass is 487 g/mol. The molecule has 3 aromatic heterocycles. The standard InChI is InChI=1S/C16H22N2S.C13H15N3/c1-12(2)10-13-7-8-15(19-13)14(18)6-5-9-16(3,4)11-17;1-10(2)7-11-3-4-12(16-8-11)13-9-14-5-6-15-13/h5-9,12H,10,18H2,1-4H3;3-6,8-10H,7H2,1-2H3/b9-5-,14-6-;. The zero-order chi connectivity index (χ0) is 25.8. The van der Waals surface area contributed by atoms with E-state index in [-0.39, 0.29) is 0 Å². The molecule has 3 rings (SSSR count). The van der Waals surface area contributed by atoms with Crippen molar-refractivity contribution in [1.82, 2.24) is 15.0 Å². The average molecular weight is 488 g/mol. The number of thiophene rings is 1. The van der Waals surface area contributed by atoms with E-state index in [1.807, 2.05) is 44.3 Å². The summed E-state index contributed by atoms with van der Waals surface area (Å²) in [7, 11) is 0. The molecule has 0 atom stereocenters. The Kier molecular flexibility index (Phi) is 10.8. The van der Waals surface area contributed by atoms with E-state index in [2.05, 4.69) is 66.9 Å². The molecule has 0 bridgehead atoms. The van der Waals surface area contributed by atoms with Crippen molar-refractivity contribution in [2.75, 3.05) is 0 Å². The largest absolute Gasteiger partial charge is 0.398 e. The molecule has 35 heavy (non-hydrogen) atoms. The van der Waals surface area contributed by atoms with Crippen molar-refractivity contribution in [3.8, 4) is 17.5 Å². The van der Waals surface area contributed by atoms with Crippen molar-refractivity contribution in [2.24, 2.45) is 23.0 Å².